The Morgan fingerprint density at radius 1 is 1.33 bits per heavy atom. The van der Waals surface area contributed by atoms with Crippen molar-refractivity contribution in [2.75, 3.05) is 18.6 Å². The second-order valence-electron chi connectivity index (χ2n) is 5.21. The van der Waals surface area contributed by atoms with Crippen LogP contribution in [0.25, 0.3) is 0 Å². The molecule has 0 aromatic carbocycles. The molecule has 1 atom stereocenters. The highest BCUT2D eigenvalue weighted by Gasteiger charge is 2.22. The molecule has 0 rings (SSSR count). The van der Waals surface area contributed by atoms with Crippen molar-refractivity contribution in [3.05, 3.63) is 0 Å². The molecule has 0 aliphatic heterocycles. The zero-order valence-corrected chi connectivity index (χ0v) is 11.4. The first-order valence-electron chi connectivity index (χ1n) is 5.57. The number of rotatable bonds is 7. The van der Waals surface area contributed by atoms with Gasteiger partial charge in [0.2, 0.25) is 0 Å². The fourth-order valence-electron chi connectivity index (χ4n) is 1.81. The van der Waals surface area contributed by atoms with Crippen LogP contribution in [0.15, 0.2) is 0 Å². The monoisotopic (exact) mass is 235 g/mol. The van der Waals surface area contributed by atoms with Gasteiger partial charge in [-0.15, -0.1) is 0 Å². The van der Waals surface area contributed by atoms with Crippen molar-refractivity contribution in [2.45, 2.75) is 46.6 Å². The van der Waals surface area contributed by atoms with E-state index in [0.29, 0.717) is 11.8 Å². The lowest BCUT2D eigenvalue weighted by Gasteiger charge is -2.28. The molecule has 0 aliphatic carbocycles. The first-order valence-corrected chi connectivity index (χ1v) is 7.63. The van der Waals surface area contributed by atoms with E-state index < -0.39 is 9.84 Å². The van der Waals surface area contributed by atoms with Crippen LogP contribution in [0.2, 0.25) is 0 Å². The Hall–Kier alpha value is -0.0900. The smallest absolute Gasteiger partial charge is 0.147 e. The molecule has 0 spiro atoms. The zero-order chi connectivity index (χ0) is 12.1. The molecule has 0 radical (unpaired) electrons. The molecule has 0 amide bonds. The van der Waals surface area contributed by atoms with Crippen LogP contribution in [0.3, 0.4) is 0 Å². The number of nitrogens with one attached hydrogen (secondary N) is 1. The summed E-state index contributed by atoms with van der Waals surface area (Å²) < 4.78 is 22.1. The number of sulfone groups is 1. The predicted octanol–water partition coefficient (Wildman–Crippen LogP) is 1.84. The van der Waals surface area contributed by atoms with E-state index in [2.05, 4.69) is 33.0 Å². The summed E-state index contributed by atoms with van der Waals surface area (Å²) in [5, 5.41) is 3.35. The highest BCUT2D eigenvalue weighted by molar-refractivity contribution is 7.90. The Morgan fingerprint density at radius 3 is 2.27 bits per heavy atom. The van der Waals surface area contributed by atoms with Gasteiger partial charge in [0.25, 0.3) is 0 Å². The average molecular weight is 235 g/mol. The minimum Gasteiger partial charge on any atom is -0.315 e. The van der Waals surface area contributed by atoms with Crippen molar-refractivity contribution in [1.29, 1.82) is 0 Å². The molecule has 0 aromatic rings. The van der Waals surface area contributed by atoms with Crippen molar-refractivity contribution < 1.29 is 8.42 Å². The summed E-state index contributed by atoms with van der Waals surface area (Å²) in [5.74, 6) is 0.291. The fourth-order valence-corrected chi connectivity index (χ4v) is 2.74. The molecule has 4 heteroatoms. The lowest BCUT2D eigenvalue weighted by Crippen LogP contribution is -2.32. The van der Waals surface area contributed by atoms with E-state index in [1.54, 1.807) is 0 Å². The molecule has 0 fully saturated rings. The average Bonchev–Trinajstić information content (AvgIpc) is 1.99. The minimum absolute atomic E-state index is 0.0880. The predicted molar refractivity (Wildman–Crippen MR) is 65.9 cm³/mol. The van der Waals surface area contributed by atoms with Crippen molar-refractivity contribution in [1.82, 2.24) is 5.32 Å². The highest BCUT2D eigenvalue weighted by Crippen LogP contribution is 2.27. The summed E-state index contributed by atoms with van der Waals surface area (Å²) in [5.41, 5.74) is 0.0880. The van der Waals surface area contributed by atoms with Gasteiger partial charge >= 0.3 is 0 Å². The van der Waals surface area contributed by atoms with Gasteiger partial charge in [-0.05, 0) is 31.7 Å². The third-order valence-corrected chi connectivity index (χ3v) is 3.51. The van der Waals surface area contributed by atoms with E-state index in [0.717, 1.165) is 19.4 Å². The summed E-state index contributed by atoms with van der Waals surface area (Å²) in [6, 6.07) is 0.449. The Bertz CT molecular complexity index is 270. The summed E-state index contributed by atoms with van der Waals surface area (Å²) in [7, 11) is -2.83. The normalized spacial score (nSPS) is 15.3. The standard InChI is InChI=1S/C11H25NO2S/c1-6-12-10(2)9-11(3,4)7-8-15(5,13)14/h10,12H,6-9H2,1-5H3. The maximum Gasteiger partial charge on any atom is 0.147 e. The van der Waals surface area contributed by atoms with E-state index in [1.807, 2.05) is 0 Å². The highest BCUT2D eigenvalue weighted by atomic mass is 32.2. The molecule has 0 aromatic heterocycles. The summed E-state index contributed by atoms with van der Waals surface area (Å²) in [6.07, 6.45) is 3.05. The molecule has 0 saturated carbocycles. The van der Waals surface area contributed by atoms with Gasteiger partial charge in [0.1, 0.15) is 9.84 Å². The Kier molecular flexibility index (Phi) is 5.81. The SMILES string of the molecule is CCNC(C)CC(C)(C)CCS(C)(=O)=O. The van der Waals surface area contributed by atoms with Gasteiger partial charge in [-0.2, -0.15) is 0 Å². The van der Waals surface area contributed by atoms with Gasteiger partial charge in [0.15, 0.2) is 0 Å². The van der Waals surface area contributed by atoms with Gasteiger partial charge in [-0.1, -0.05) is 20.8 Å². The van der Waals surface area contributed by atoms with Crippen LogP contribution >= 0.6 is 0 Å². The van der Waals surface area contributed by atoms with Gasteiger partial charge in [0, 0.05) is 12.3 Å². The van der Waals surface area contributed by atoms with Crippen molar-refractivity contribution in [2.24, 2.45) is 5.41 Å². The second-order valence-corrected chi connectivity index (χ2v) is 7.47. The molecule has 0 saturated heterocycles. The lowest BCUT2D eigenvalue weighted by molar-refractivity contribution is 0.281. The Balaban J connectivity index is 4.07. The van der Waals surface area contributed by atoms with E-state index in [-0.39, 0.29) is 5.41 Å². The van der Waals surface area contributed by atoms with Crippen LogP contribution in [0.4, 0.5) is 0 Å². The van der Waals surface area contributed by atoms with Gasteiger partial charge < -0.3 is 5.32 Å². The molecule has 0 aliphatic rings. The molecule has 1 unspecified atom stereocenters. The molecule has 15 heavy (non-hydrogen) atoms. The second kappa shape index (κ2) is 5.85. The van der Waals surface area contributed by atoms with Crippen molar-refractivity contribution in [3.8, 4) is 0 Å². The van der Waals surface area contributed by atoms with Gasteiger partial charge in [0.05, 0.1) is 5.75 Å². The number of hydrogen-bond acceptors (Lipinski definition) is 3. The first-order chi connectivity index (χ1) is 6.66. The van der Waals surface area contributed by atoms with E-state index in [1.165, 1.54) is 6.26 Å². The summed E-state index contributed by atoms with van der Waals surface area (Å²) >= 11 is 0. The van der Waals surface area contributed by atoms with Crippen LogP contribution in [-0.2, 0) is 9.84 Å². The van der Waals surface area contributed by atoms with Crippen LogP contribution in [0, 0.1) is 5.41 Å². The molecular formula is C11H25NO2S. The van der Waals surface area contributed by atoms with E-state index >= 15 is 0 Å². The van der Waals surface area contributed by atoms with E-state index in [4.69, 9.17) is 0 Å². The largest absolute Gasteiger partial charge is 0.315 e. The van der Waals surface area contributed by atoms with Gasteiger partial charge in [-0.3, -0.25) is 0 Å². The fraction of sp³-hybridized carbons (Fsp3) is 1.00. The summed E-state index contributed by atoms with van der Waals surface area (Å²) in [4.78, 5) is 0. The van der Waals surface area contributed by atoms with Crippen LogP contribution in [0.5, 0.6) is 0 Å². The zero-order valence-electron chi connectivity index (χ0n) is 10.6. The first kappa shape index (κ1) is 14.9. The Labute approximate surface area is 94.6 Å². The molecular weight excluding hydrogens is 210 g/mol. The molecule has 1 N–H and O–H groups in total. The molecule has 0 bridgehead atoms. The molecule has 92 valence electrons. The molecule has 3 nitrogen and oxygen atoms in total. The Morgan fingerprint density at radius 2 is 1.87 bits per heavy atom. The van der Waals surface area contributed by atoms with Crippen LogP contribution in [0.1, 0.15) is 40.5 Å². The minimum atomic E-state index is -2.83. The van der Waals surface area contributed by atoms with Crippen LogP contribution in [-0.4, -0.2) is 33.0 Å². The third-order valence-electron chi connectivity index (χ3n) is 2.56. The van der Waals surface area contributed by atoms with E-state index in [9.17, 15) is 8.42 Å². The van der Waals surface area contributed by atoms with Gasteiger partial charge in [-0.25, -0.2) is 8.42 Å². The topological polar surface area (TPSA) is 46.2 Å². The maximum absolute atomic E-state index is 11.1. The third kappa shape index (κ3) is 8.88. The quantitative estimate of drug-likeness (QED) is 0.732. The summed E-state index contributed by atoms with van der Waals surface area (Å²) in [6.45, 7) is 9.45. The molecule has 0 heterocycles. The maximum atomic E-state index is 11.1. The van der Waals surface area contributed by atoms with Crippen LogP contribution < -0.4 is 5.32 Å². The van der Waals surface area contributed by atoms with Crippen molar-refractivity contribution >= 4 is 9.84 Å². The van der Waals surface area contributed by atoms with Crippen molar-refractivity contribution in [3.63, 3.8) is 0 Å². The lowest BCUT2D eigenvalue weighted by atomic mass is 9.83. The number of hydrogen-bond donors (Lipinski definition) is 1.